The monoisotopic (exact) mass is 260 g/mol. The van der Waals surface area contributed by atoms with Crippen LogP contribution in [-0.2, 0) is 4.79 Å². The fraction of sp³-hybridized carbons (Fsp3) is 0.200. The van der Waals surface area contributed by atoms with Gasteiger partial charge >= 0.3 is 6.03 Å². The highest BCUT2D eigenvalue weighted by Gasteiger charge is 2.10. The van der Waals surface area contributed by atoms with E-state index < -0.39 is 11.9 Å². The Hall–Kier alpha value is -1.26. The zero-order valence-electron chi connectivity index (χ0n) is 8.51. The number of urea groups is 1. The summed E-state index contributed by atoms with van der Waals surface area (Å²) in [5.74, 6) is -0.835. The number of benzene rings is 1. The predicted molar refractivity (Wildman–Crippen MR) is 64.1 cm³/mol. The molecular formula is C10H10Cl2N2O2. The summed E-state index contributed by atoms with van der Waals surface area (Å²) in [5.41, 5.74) is 1.28. The van der Waals surface area contributed by atoms with E-state index in [-0.39, 0.29) is 5.88 Å². The van der Waals surface area contributed by atoms with Gasteiger partial charge in [0.2, 0.25) is 5.91 Å². The van der Waals surface area contributed by atoms with Gasteiger partial charge in [-0.05, 0) is 18.6 Å². The third-order valence-corrected chi connectivity index (χ3v) is 2.39. The van der Waals surface area contributed by atoms with Crippen LogP contribution in [0, 0.1) is 6.92 Å². The molecule has 0 bridgehead atoms. The maximum Gasteiger partial charge on any atom is 0.325 e. The van der Waals surface area contributed by atoms with Crippen LogP contribution in [0.5, 0.6) is 0 Å². The fourth-order valence-electron chi connectivity index (χ4n) is 1.10. The van der Waals surface area contributed by atoms with Crippen molar-refractivity contribution in [1.29, 1.82) is 0 Å². The number of amides is 3. The van der Waals surface area contributed by atoms with Gasteiger partial charge in [0.05, 0.1) is 10.7 Å². The third kappa shape index (κ3) is 3.40. The van der Waals surface area contributed by atoms with Crippen molar-refractivity contribution in [3.05, 3.63) is 28.8 Å². The molecule has 2 N–H and O–H groups in total. The number of carbonyl (C=O) groups excluding carboxylic acids is 2. The quantitative estimate of drug-likeness (QED) is 0.803. The lowest BCUT2D eigenvalue weighted by Crippen LogP contribution is -2.35. The molecule has 0 unspecified atom stereocenters. The highest BCUT2D eigenvalue weighted by Crippen LogP contribution is 2.24. The molecule has 86 valence electrons. The van der Waals surface area contributed by atoms with Crippen molar-refractivity contribution in [3.8, 4) is 0 Å². The van der Waals surface area contributed by atoms with Crippen LogP contribution < -0.4 is 10.6 Å². The molecule has 1 rings (SSSR count). The number of hydrogen-bond acceptors (Lipinski definition) is 2. The molecule has 6 heteroatoms. The Kier molecular flexibility index (Phi) is 4.58. The molecule has 0 aromatic heterocycles. The Morgan fingerprint density at radius 1 is 1.38 bits per heavy atom. The van der Waals surface area contributed by atoms with Crippen molar-refractivity contribution in [2.24, 2.45) is 0 Å². The molecule has 1 aromatic rings. The number of carbonyl (C=O) groups is 2. The van der Waals surface area contributed by atoms with Gasteiger partial charge in [0.25, 0.3) is 0 Å². The van der Waals surface area contributed by atoms with E-state index in [9.17, 15) is 9.59 Å². The van der Waals surface area contributed by atoms with Crippen LogP contribution in [0.4, 0.5) is 10.5 Å². The second-order valence-electron chi connectivity index (χ2n) is 3.07. The molecule has 0 heterocycles. The Bertz CT molecular complexity index is 401. The van der Waals surface area contributed by atoms with Gasteiger partial charge in [-0.1, -0.05) is 23.7 Å². The van der Waals surface area contributed by atoms with Crippen LogP contribution in [0.3, 0.4) is 0 Å². The van der Waals surface area contributed by atoms with E-state index >= 15 is 0 Å². The van der Waals surface area contributed by atoms with Gasteiger partial charge in [-0.3, -0.25) is 10.1 Å². The van der Waals surface area contributed by atoms with Crippen LogP contribution >= 0.6 is 23.2 Å². The molecule has 4 nitrogen and oxygen atoms in total. The highest BCUT2D eigenvalue weighted by atomic mass is 35.5. The molecule has 0 atom stereocenters. The number of rotatable bonds is 2. The normalized spacial score (nSPS) is 9.69. The minimum atomic E-state index is -0.651. The van der Waals surface area contributed by atoms with Gasteiger partial charge in [0, 0.05) is 0 Å². The molecule has 1 aromatic carbocycles. The maximum absolute atomic E-state index is 11.3. The number of aryl methyl sites for hydroxylation is 1. The number of hydrogen-bond donors (Lipinski definition) is 2. The van der Waals surface area contributed by atoms with E-state index in [4.69, 9.17) is 23.2 Å². The van der Waals surface area contributed by atoms with Gasteiger partial charge in [-0.15, -0.1) is 11.6 Å². The summed E-state index contributed by atoms with van der Waals surface area (Å²) in [4.78, 5) is 22.2. The fourth-order valence-corrected chi connectivity index (χ4v) is 1.43. The second kappa shape index (κ2) is 5.72. The molecule has 16 heavy (non-hydrogen) atoms. The smallest absolute Gasteiger partial charge is 0.306 e. The Morgan fingerprint density at radius 3 is 2.62 bits per heavy atom. The van der Waals surface area contributed by atoms with Gasteiger partial charge in [0.15, 0.2) is 0 Å². The topological polar surface area (TPSA) is 58.2 Å². The largest absolute Gasteiger partial charge is 0.325 e. The standard InChI is InChI=1S/C10H10Cl2N2O2/c1-6-3-2-4-7(12)9(6)14-10(16)13-8(15)5-11/h2-4H,5H2,1H3,(H2,13,14,15,16). The number of anilines is 1. The molecule has 0 aliphatic rings. The van der Waals surface area contributed by atoms with Crippen LogP contribution in [0.1, 0.15) is 5.56 Å². The van der Waals surface area contributed by atoms with Crippen molar-refractivity contribution in [2.75, 3.05) is 11.2 Å². The summed E-state index contributed by atoms with van der Waals surface area (Å²) in [7, 11) is 0. The molecule has 0 saturated carbocycles. The number of halogens is 2. The van der Waals surface area contributed by atoms with Crippen molar-refractivity contribution >= 4 is 40.8 Å². The van der Waals surface area contributed by atoms with Gasteiger partial charge < -0.3 is 5.32 Å². The molecule has 0 radical (unpaired) electrons. The third-order valence-electron chi connectivity index (χ3n) is 1.83. The van der Waals surface area contributed by atoms with Crippen molar-refractivity contribution < 1.29 is 9.59 Å². The van der Waals surface area contributed by atoms with Crippen LogP contribution in [0.25, 0.3) is 0 Å². The SMILES string of the molecule is Cc1cccc(Cl)c1NC(=O)NC(=O)CCl. The first-order valence-corrected chi connectivity index (χ1v) is 5.37. The highest BCUT2D eigenvalue weighted by molar-refractivity contribution is 6.34. The molecule has 0 fully saturated rings. The van der Waals surface area contributed by atoms with Crippen LogP contribution in [0.15, 0.2) is 18.2 Å². The van der Waals surface area contributed by atoms with Gasteiger partial charge in [0.1, 0.15) is 5.88 Å². The molecule has 3 amide bonds. The van der Waals surface area contributed by atoms with E-state index in [0.717, 1.165) is 5.56 Å². The lowest BCUT2D eigenvalue weighted by molar-refractivity contribution is -0.117. The molecule has 0 aliphatic heterocycles. The van der Waals surface area contributed by atoms with Crippen LogP contribution in [-0.4, -0.2) is 17.8 Å². The van der Waals surface area contributed by atoms with Gasteiger partial charge in [-0.2, -0.15) is 0 Å². The van der Waals surface area contributed by atoms with Crippen LogP contribution in [0.2, 0.25) is 5.02 Å². The van der Waals surface area contributed by atoms with Crippen molar-refractivity contribution in [2.45, 2.75) is 6.92 Å². The molecule has 0 spiro atoms. The van der Waals surface area contributed by atoms with Crippen molar-refractivity contribution in [1.82, 2.24) is 5.32 Å². The summed E-state index contributed by atoms with van der Waals surface area (Å²) in [6, 6.07) is 4.56. The summed E-state index contributed by atoms with van der Waals surface area (Å²) < 4.78 is 0. The molecular weight excluding hydrogens is 251 g/mol. The average molecular weight is 261 g/mol. The van der Waals surface area contributed by atoms with E-state index in [1.54, 1.807) is 25.1 Å². The first kappa shape index (κ1) is 12.8. The number of imide groups is 1. The van der Waals surface area contributed by atoms with Crippen molar-refractivity contribution in [3.63, 3.8) is 0 Å². The summed E-state index contributed by atoms with van der Waals surface area (Å²) >= 11 is 11.1. The lowest BCUT2D eigenvalue weighted by Gasteiger charge is -2.09. The summed E-state index contributed by atoms with van der Waals surface area (Å²) in [6.07, 6.45) is 0. The Balaban J connectivity index is 2.73. The lowest BCUT2D eigenvalue weighted by atomic mass is 10.2. The minimum Gasteiger partial charge on any atom is -0.306 e. The van der Waals surface area contributed by atoms with E-state index in [2.05, 4.69) is 10.6 Å². The maximum atomic E-state index is 11.3. The molecule has 0 saturated heterocycles. The Labute approximate surface area is 103 Å². The van der Waals surface area contributed by atoms with E-state index in [1.807, 2.05) is 0 Å². The van der Waals surface area contributed by atoms with Gasteiger partial charge in [-0.25, -0.2) is 4.79 Å². The average Bonchev–Trinajstić information content (AvgIpc) is 2.23. The zero-order chi connectivity index (χ0) is 12.1. The predicted octanol–water partition coefficient (Wildman–Crippen LogP) is 2.54. The Morgan fingerprint density at radius 2 is 2.06 bits per heavy atom. The number of alkyl halides is 1. The first-order valence-electron chi connectivity index (χ1n) is 4.46. The number of nitrogens with one attached hydrogen (secondary N) is 2. The van der Waals surface area contributed by atoms with E-state index in [0.29, 0.717) is 10.7 Å². The summed E-state index contributed by atoms with van der Waals surface area (Å²) in [5, 5.41) is 4.95. The first-order chi connectivity index (χ1) is 7.54. The minimum absolute atomic E-state index is 0.269. The zero-order valence-corrected chi connectivity index (χ0v) is 10.0. The molecule has 0 aliphatic carbocycles. The van der Waals surface area contributed by atoms with E-state index in [1.165, 1.54) is 0 Å². The summed E-state index contributed by atoms with van der Waals surface area (Å²) in [6.45, 7) is 1.80. The number of para-hydroxylation sites is 1. The second-order valence-corrected chi connectivity index (χ2v) is 3.74.